The second-order valence-electron chi connectivity index (χ2n) is 8.59. The molecule has 0 bridgehead atoms. The Morgan fingerprint density at radius 3 is 2.54 bits per heavy atom. The van der Waals surface area contributed by atoms with E-state index in [9.17, 15) is 14.0 Å². The fourth-order valence-electron chi connectivity index (χ4n) is 3.72. The topological polar surface area (TPSA) is 150 Å². The summed E-state index contributed by atoms with van der Waals surface area (Å²) >= 11 is 0. The monoisotopic (exact) mass is 563 g/mol. The highest BCUT2D eigenvalue weighted by atomic mass is 19.1. The number of aromatic nitrogens is 2. The van der Waals surface area contributed by atoms with Gasteiger partial charge >= 0.3 is 12.0 Å². The lowest BCUT2D eigenvalue weighted by molar-refractivity contribution is 0.0519. The zero-order valence-corrected chi connectivity index (χ0v) is 22.5. The number of nitrogens with one attached hydrogen (secondary N) is 3. The number of urea groups is 1. The van der Waals surface area contributed by atoms with Gasteiger partial charge in [-0.1, -0.05) is 6.07 Å². The molecule has 0 fully saturated rings. The van der Waals surface area contributed by atoms with Crippen molar-refractivity contribution in [3.05, 3.63) is 83.8 Å². The van der Waals surface area contributed by atoms with Crippen molar-refractivity contribution in [2.45, 2.75) is 13.5 Å². The molecule has 0 atom stereocenters. The molecule has 0 aliphatic heterocycles. The standard InChI is InChI=1S/C29H30FN5O6/c1-3-39-28(36)22-16-26(34-27(22)40-13-12-38-2)25-15-21(10-11-32-25)41-20-7-5-19(6-8-20)33-29(37)35-24-14-18(17-31)4-9-23(24)30/h4-11,14-16,34H,3,12-13,17,31H2,1-2H3,(H2,33,35,37). The molecule has 2 aromatic carbocycles. The zero-order valence-electron chi connectivity index (χ0n) is 22.5. The van der Waals surface area contributed by atoms with E-state index in [1.807, 2.05) is 0 Å². The second-order valence-corrected chi connectivity index (χ2v) is 8.59. The number of methoxy groups -OCH3 is 1. The van der Waals surface area contributed by atoms with E-state index in [2.05, 4.69) is 20.6 Å². The number of aromatic amines is 1. The summed E-state index contributed by atoms with van der Waals surface area (Å²) < 4.78 is 35.8. The Hall–Kier alpha value is -4.94. The predicted molar refractivity (Wildman–Crippen MR) is 151 cm³/mol. The lowest BCUT2D eigenvalue weighted by Gasteiger charge is -2.11. The number of benzene rings is 2. The van der Waals surface area contributed by atoms with Crippen LogP contribution in [0.15, 0.2) is 66.9 Å². The Balaban J connectivity index is 1.42. The Morgan fingerprint density at radius 2 is 1.80 bits per heavy atom. The number of amides is 2. The van der Waals surface area contributed by atoms with Gasteiger partial charge in [0.1, 0.15) is 29.5 Å². The molecule has 12 heteroatoms. The van der Waals surface area contributed by atoms with Crippen LogP contribution in [0.25, 0.3) is 11.4 Å². The van der Waals surface area contributed by atoms with E-state index in [1.54, 1.807) is 68.8 Å². The highest BCUT2D eigenvalue weighted by Gasteiger charge is 2.20. The molecular formula is C29H30FN5O6. The minimum absolute atomic E-state index is 0.0315. The molecule has 2 heterocycles. The van der Waals surface area contributed by atoms with Crippen molar-refractivity contribution in [3.8, 4) is 28.8 Å². The summed E-state index contributed by atoms with van der Waals surface area (Å²) in [6, 6.07) is 15.3. The first-order chi connectivity index (χ1) is 19.9. The number of esters is 1. The maximum absolute atomic E-state index is 14.0. The molecule has 0 saturated heterocycles. The summed E-state index contributed by atoms with van der Waals surface area (Å²) in [5, 5.41) is 5.12. The minimum atomic E-state index is -0.607. The van der Waals surface area contributed by atoms with E-state index in [1.165, 1.54) is 12.1 Å². The number of ether oxygens (including phenoxy) is 4. The molecule has 0 aliphatic carbocycles. The molecule has 5 N–H and O–H groups in total. The number of hydrogen-bond acceptors (Lipinski definition) is 8. The van der Waals surface area contributed by atoms with Gasteiger partial charge in [0, 0.05) is 31.6 Å². The van der Waals surface area contributed by atoms with Crippen molar-refractivity contribution in [2.24, 2.45) is 5.73 Å². The van der Waals surface area contributed by atoms with Crippen molar-refractivity contribution in [1.29, 1.82) is 0 Å². The average molecular weight is 564 g/mol. The van der Waals surface area contributed by atoms with Crippen LogP contribution in [0, 0.1) is 5.82 Å². The van der Waals surface area contributed by atoms with E-state index in [0.717, 1.165) is 0 Å². The van der Waals surface area contributed by atoms with Crippen molar-refractivity contribution in [3.63, 3.8) is 0 Å². The lowest BCUT2D eigenvalue weighted by atomic mass is 10.2. The number of hydrogen-bond donors (Lipinski definition) is 4. The van der Waals surface area contributed by atoms with Gasteiger partial charge in [-0.25, -0.2) is 14.0 Å². The molecule has 0 unspecified atom stereocenters. The molecule has 0 radical (unpaired) electrons. The van der Waals surface area contributed by atoms with Crippen LogP contribution in [0.5, 0.6) is 17.4 Å². The number of rotatable bonds is 12. The van der Waals surface area contributed by atoms with Crippen LogP contribution in [-0.4, -0.2) is 48.9 Å². The van der Waals surface area contributed by atoms with E-state index in [4.69, 9.17) is 24.7 Å². The number of anilines is 2. The van der Waals surface area contributed by atoms with E-state index in [-0.39, 0.29) is 36.9 Å². The van der Waals surface area contributed by atoms with E-state index >= 15 is 0 Å². The first-order valence-corrected chi connectivity index (χ1v) is 12.7. The third-order valence-electron chi connectivity index (χ3n) is 5.68. The van der Waals surface area contributed by atoms with E-state index in [0.29, 0.717) is 40.7 Å². The Bertz CT molecular complexity index is 1490. The average Bonchev–Trinajstić information content (AvgIpc) is 3.40. The molecule has 4 rings (SSSR count). The first-order valence-electron chi connectivity index (χ1n) is 12.7. The Labute approximate surface area is 235 Å². The van der Waals surface area contributed by atoms with Gasteiger partial charge in [-0.05, 0) is 61.0 Å². The molecule has 4 aromatic rings. The van der Waals surface area contributed by atoms with Gasteiger partial charge < -0.3 is 40.3 Å². The highest BCUT2D eigenvalue weighted by molar-refractivity contribution is 6.00. The van der Waals surface area contributed by atoms with Gasteiger partial charge in [0.15, 0.2) is 0 Å². The van der Waals surface area contributed by atoms with Crippen molar-refractivity contribution in [2.75, 3.05) is 37.6 Å². The third kappa shape index (κ3) is 7.81. The van der Waals surface area contributed by atoms with Gasteiger partial charge in [-0.3, -0.25) is 4.98 Å². The summed E-state index contributed by atoms with van der Waals surface area (Å²) in [6.45, 7) is 2.75. The fraction of sp³-hybridized carbons (Fsp3) is 0.207. The largest absolute Gasteiger partial charge is 0.476 e. The number of carbonyl (C=O) groups excluding carboxylic acids is 2. The second kappa shape index (κ2) is 13.9. The quantitative estimate of drug-likeness (QED) is 0.134. The molecular weight excluding hydrogens is 533 g/mol. The Morgan fingerprint density at radius 1 is 1.00 bits per heavy atom. The molecule has 0 spiro atoms. The SMILES string of the molecule is CCOC(=O)c1cc(-c2cc(Oc3ccc(NC(=O)Nc4cc(CN)ccc4F)cc3)ccn2)[nH]c1OCCOC. The van der Waals surface area contributed by atoms with Crippen molar-refractivity contribution in [1.82, 2.24) is 9.97 Å². The molecule has 11 nitrogen and oxygen atoms in total. The summed E-state index contributed by atoms with van der Waals surface area (Å²) in [4.78, 5) is 32.2. The van der Waals surface area contributed by atoms with Crippen LogP contribution in [-0.2, 0) is 16.0 Å². The van der Waals surface area contributed by atoms with Gasteiger partial charge in [-0.15, -0.1) is 0 Å². The number of pyridine rings is 1. The normalized spacial score (nSPS) is 10.6. The molecule has 2 amide bonds. The Kier molecular flexibility index (Phi) is 9.86. The summed E-state index contributed by atoms with van der Waals surface area (Å²) in [5.74, 6) is 0.149. The molecule has 0 saturated carbocycles. The van der Waals surface area contributed by atoms with Crippen molar-refractivity contribution < 1.29 is 32.9 Å². The van der Waals surface area contributed by atoms with Gasteiger partial charge in [0.25, 0.3) is 0 Å². The molecule has 41 heavy (non-hydrogen) atoms. The molecule has 0 aliphatic rings. The number of halogens is 1. The van der Waals surface area contributed by atoms with Gasteiger partial charge in [0.05, 0.1) is 30.3 Å². The number of nitrogens with two attached hydrogens (primary N) is 1. The van der Waals surface area contributed by atoms with Crippen LogP contribution in [0.4, 0.5) is 20.6 Å². The highest BCUT2D eigenvalue weighted by Crippen LogP contribution is 2.30. The lowest BCUT2D eigenvalue weighted by Crippen LogP contribution is -2.20. The van der Waals surface area contributed by atoms with Crippen molar-refractivity contribution >= 4 is 23.4 Å². The maximum Gasteiger partial charge on any atom is 0.343 e. The smallest absolute Gasteiger partial charge is 0.343 e. The number of nitrogens with zero attached hydrogens (tertiary/aromatic N) is 1. The predicted octanol–water partition coefficient (Wildman–Crippen LogP) is 5.31. The maximum atomic E-state index is 14.0. The van der Waals surface area contributed by atoms with E-state index < -0.39 is 17.8 Å². The summed E-state index contributed by atoms with van der Waals surface area (Å²) in [6.07, 6.45) is 1.57. The number of carbonyl (C=O) groups is 2. The van der Waals surface area contributed by atoms with Crippen LogP contribution >= 0.6 is 0 Å². The summed E-state index contributed by atoms with van der Waals surface area (Å²) in [5.41, 5.74) is 8.06. The van der Waals surface area contributed by atoms with Crippen LogP contribution < -0.4 is 25.8 Å². The van der Waals surface area contributed by atoms with Crippen LogP contribution in [0.1, 0.15) is 22.8 Å². The third-order valence-corrected chi connectivity index (χ3v) is 5.68. The molecule has 214 valence electrons. The molecule has 2 aromatic heterocycles. The minimum Gasteiger partial charge on any atom is -0.476 e. The fourth-order valence-corrected chi connectivity index (χ4v) is 3.72. The van der Waals surface area contributed by atoms with Gasteiger partial charge in [-0.2, -0.15) is 0 Å². The number of H-pyrrole nitrogens is 1. The zero-order chi connectivity index (χ0) is 29.2. The summed E-state index contributed by atoms with van der Waals surface area (Å²) in [7, 11) is 1.55. The van der Waals surface area contributed by atoms with Gasteiger partial charge in [0.2, 0.25) is 5.88 Å². The first kappa shape index (κ1) is 29.1. The van der Waals surface area contributed by atoms with Crippen LogP contribution in [0.3, 0.4) is 0 Å². The van der Waals surface area contributed by atoms with Crippen LogP contribution in [0.2, 0.25) is 0 Å².